The van der Waals surface area contributed by atoms with Crippen LogP contribution < -0.4 is 4.90 Å². The summed E-state index contributed by atoms with van der Waals surface area (Å²) >= 11 is 0. The topological polar surface area (TPSA) is 16.1 Å². The molecule has 10 heavy (non-hydrogen) atoms. The predicted molar refractivity (Wildman–Crippen MR) is 38.6 cm³/mol. The maximum Gasteiger partial charge on any atom is 3.00 e. The van der Waals surface area contributed by atoms with Crippen LogP contribution in [0.3, 0.4) is 0 Å². The maximum atomic E-state index is 3.90. The van der Waals surface area contributed by atoms with Crippen molar-refractivity contribution >= 4 is 5.69 Å². The van der Waals surface area contributed by atoms with Crippen molar-refractivity contribution in [3.63, 3.8) is 0 Å². The summed E-state index contributed by atoms with van der Waals surface area (Å²) in [6.07, 6.45) is 3.57. The summed E-state index contributed by atoms with van der Waals surface area (Å²) in [5, 5.41) is 0. The molecule has 0 atom stereocenters. The van der Waals surface area contributed by atoms with E-state index in [0.717, 1.165) is 0 Å². The largest absolute Gasteiger partial charge is 3.00 e. The van der Waals surface area contributed by atoms with Crippen molar-refractivity contribution in [2.45, 2.75) is 0 Å². The van der Waals surface area contributed by atoms with Gasteiger partial charge in [0.2, 0.25) is 0 Å². The molecule has 0 saturated heterocycles. The van der Waals surface area contributed by atoms with Crippen molar-refractivity contribution < 1.29 is 38.2 Å². The smallest absolute Gasteiger partial charge is 0.378 e. The van der Waals surface area contributed by atoms with E-state index in [0.29, 0.717) is 0 Å². The summed E-state index contributed by atoms with van der Waals surface area (Å²) in [5.41, 5.74) is 1.19. The summed E-state index contributed by atoms with van der Waals surface area (Å²) in [7, 11) is 4.02. The Balaban J connectivity index is 0.000000810. The van der Waals surface area contributed by atoms with Gasteiger partial charge < -0.3 is 4.90 Å². The number of rotatable bonds is 1. The first kappa shape index (κ1) is 10.2. The summed E-state index contributed by atoms with van der Waals surface area (Å²) in [6, 6.07) is 3.94. The van der Waals surface area contributed by atoms with Crippen molar-refractivity contribution in [3.8, 4) is 0 Å². The molecular weight excluding hydrogens is 275 g/mol. The maximum absolute atomic E-state index is 3.90. The zero-order valence-corrected chi connectivity index (χ0v) is 8.05. The molecule has 0 spiro atoms. The molecule has 1 radical (unpaired) electrons. The van der Waals surface area contributed by atoms with Gasteiger partial charge >= 0.3 is 38.2 Å². The van der Waals surface area contributed by atoms with Gasteiger partial charge in [0.25, 0.3) is 0 Å². The number of aromatic nitrogens is 1. The van der Waals surface area contributed by atoms with Crippen molar-refractivity contribution in [2.75, 3.05) is 19.0 Å². The Morgan fingerprint density at radius 3 is 2.00 bits per heavy atom. The molecule has 3 heteroatoms. The third-order valence-electron chi connectivity index (χ3n) is 1.18. The van der Waals surface area contributed by atoms with Gasteiger partial charge in [-0.05, 0) is 12.1 Å². The van der Waals surface area contributed by atoms with Crippen LogP contribution in [0.5, 0.6) is 0 Å². The number of hydrogen-bond acceptors (Lipinski definition) is 2. The predicted octanol–water partition coefficient (Wildman–Crippen LogP) is 1.15. The summed E-state index contributed by atoms with van der Waals surface area (Å²) in [5.74, 6) is 0. The fraction of sp³-hybridized carbons (Fsp3) is 0.286. The molecule has 0 bridgehead atoms. The van der Waals surface area contributed by atoms with Gasteiger partial charge in [-0.1, -0.05) is 0 Å². The summed E-state index contributed by atoms with van der Waals surface area (Å²) in [4.78, 5) is 5.94. The molecule has 0 aromatic carbocycles. The van der Waals surface area contributed by atoms with Gasteiger partial charge in [0.1, 0.15) is 0 Å². The monoisotopic (exact) mass is 286 g/mol. The second-order valence-electron chi connectivity index (χ2n) is 2.10. The standard InChI is InChI=1S/C7H10N2.Dy/c1-9(2)7-3-5-8-6-4-7;/h3-6H,1-2H3;/q;+3. The molecule has 1 heterocycles. The number of anilines is 1. The molecule has 0 unspecified atom stereocenters. The van der Waals surface area contributed by atoms with Crippen LogP contribution in [0.2, 0.25) is 0 Å². The zero-order chi connectivity index (χ0) is 6.69. The van der Waals surface area contributed by atoms with E-state index in [1.54, 1.807) is 12.4 Å². The van der Waals surface area contributed by atoms with Crippen LogP contribution in [-0.2, 0) is 0 Å². The molecular formula is C7H10DyN2+3. The molecule has 2 nitrogen and oxygen atoms in total. The molecule has 1 rings (SSSR count). The average molecular weight is 285 g/mol. The van der Waals surface area contributed by atoms with Crippen molar-refractivity contribution in [1.29, 1.82) is 0 Å². The molecule has 55 valence electrons. The van der Waals surface area contributed by atoms with Gasteiger partial charge in [0, 0.05) is 32.2 Å². The molecule has 0 aliphatic rings. The van der Waals surface area contributed by atoms with Crippen molar-refractivity contribution in [3.05, 3.63) is 24.5 Å². The molecule has 0 aliphatic carbocycles. The van der Waals surface area contributed by atoms with Crippen LogP contribution in [0.15, 0.2) is 24.5 Å². The van der Waals surface area contributed by atoms with E-state index in [1.165, 1.54) is 5.69 Å². The Hall–Kier alpha value is 0.223. The van der Waals surface area contributed by atoms with Crippen molar-refractivity contribution in [2.24, 2.45) is 0 Å². The fourth-order valence-electron chi connectivity index (χ4n) is 0.642. The van der Waals surface area contributed by atoms with Crippen LogP contribution >= 0.6 is 0 Å². The first-order valence-electron chi connectivity index (χ1n) is 2.88. The quantitative estimate of drug-likeness (QED) is 0.769. The van der Waals surface area contributed by atoms with Crippen LogP contribution in [0.1, 0.15) is 0 Å². The first-order chi connectivity index (χ1) is 4.30. The number of hydrogen-bond donors (Lipinski definition) is 0. The fourth-order valence-corrected chi connectivity index (χ4v) is 0.642. The van der Waals surface area contributed by atoms with Crippen LogP contribution in [-0.4, -0.2) is 19.1 Å². The van der Waals surface area contributed by atoms with Crippen molar-refractivity contribution in [1.82, 2.24) is 4.98 Å². The minimum absolute atomic E-state index is 0. The first-order valence-corrected chi connectivity index (χ1v) is 2.88. The average Bonchev–Trinajstić information content (AvgIpc) is 1.90. The van der Waals surface area contributed by atoms with Gasteiger partial charge in [0.15, 0.2) is 0 Å². The SMILES string of the molecule is CN(C)c1ccncc1.[Dy+3]. The molecule has 1 aromatic rings. The third-order valence-corrected chi connectivity index (χ3v) is 1.18. The van der Waals surface area contributed by atoms with E-state index in [4.69, 9.17) is 0 Å². The van der Waals surface area contributed by atoms with Gasteiger partial charge in [-0.15, -0.1) is 0 Å². The van der Waals surface area contributed by atoms with E-state index in [-0.39, 0.29) is 38.2 Å². The van der Waals surface area contributed by atoms with E-state index in [2.05, 4.69) is 4.98 Å². The van der Waals surface area contributed by atoms with E-state index < -0.39 is 0 Å². The van der Waals surface area contributed by atoms with Gasteiger partial charge in [-0.3, -0.25) is 4.98 Å². The number of pyridine rings is 1. The Kier molecular flexibility index (Phi) is 5.06. The van der Waals surface area contributed by atoms with E-state index in [1.807, 2.05) is 31.1 Å². The van der Waals surface area contributed by atoms with Crippen LogP contribution in [0.25, 0.3) is 0 Å². The molecule has 0 amide bonds. The molecule has 0 N–H and O–H groups in total. The normalized spacial score (nSPS) is 8.20. The summed E-state index contributed by atoms with van der Waals surface area (Å²) < 4.78 is 0. The summed E-state index contributed by atoms with van der Waals surface area (Å²) in [6.45, 7) is 0. The Morgan fingerprint density at radius 1 is 1.20 bits per heavy atom. The number of nitrogens with zero attached hydrogens (tertiary/aromatic N) is 2. The van der Waals surface area contributed by atoms with E-state index >= 15 is 0 Å². The molecule has 0 saturated carbocycles. The Morgan fingerprint density at radius 2 is 1.70 bits per heavy atom. The molecule has 0 fully saturated rings. The second kappa shape index (κ2) is 4.95. The van der Waals surface area contributed by atoms with Crippen LogP contribution in [0.4, 0.5) is 5.69 Å². The minimum atomic E-state index is 0. The van der Waals surface area contributed by atoms with Gasteiger partial charge in [-0.25, -0.2) is 0 Å². The molecule has 0 aliphatic heterocycles. The Bertz CT molecular complexity index is 174. The second-order valence-corrected chi connectivity index (χ2v) is 2.10. The molecule has 1 aromatic heterocycles. The van der Waals surface area contributed by atoms with E-state index in [9.17, 15) is 0 Å². The van der Waals surface area contributed by atoms with Gasteiger partial charge in [-0.2, -0.15) is 0 Å². The van der Waals surface area contributed by atoms with Crippen LogP contribution in [0, 0.1) is 38.2 Å². The third kappa shape index (κ3) is 2.87. The Labute approximate surface area is 91.7 Å². The minimum Gasteiger partial charge on any atom is -0.378 e. The zero-order valence-electron chi connectivity index (χ0n) is 6.02. The van der Waals surface area contributed by atoms with Gasteiger partial charge in [0.05, 0.1) is 0 Å².